The van der Waals surface area contributed by atoms with Crippen molar-refractivity contribution in [3.05, 3.63) is 35.1 Å². The molecular formula is C14H18FNO2S. The Morgan fingerprint density at radius 1 is 1.42 bits per heavy atom. The van der Waals surface area contributed by atoms with Crippen molar-refractivity contribution in [2.24, 2.45) is 5.41 Å². The van der Waals surface area contributed by atoms with Crippen molar-refractivity contribution < 1.29 is 12.8 Å². The summed E-state index contributed by atoms with van der Waals surface area (Å²) in [6.45, 7) is 2.00. The van der Waals surface area contributed by atoms with Gasteiger partial charge in [0.05, 0.1) is 5.75 Å². The second kappa shape index (κ2) is 4.28. The lowest BCUT2D eigenvalue weighted by molar-refractivity contribution is 0.534. The molecule has 3 rings (SSSR count). The summed E-state index contributed by atoms with van der Waals surface area (Å²) in [6.07, 6.45) is 3.42. The number of nitrogens with one attached hydrogen (secondary N) is 1. The molecular weight excluding hydrogens is 265 g/mol. The lowest BCUT2D eigenvalue weighted by Crippen LogP contribution is -2.32. The van der Waals surface area contributed by atoms with Crippen LogP contribution in [0.4, 0.5) is 4.39 Å². The summed E-state index contributed by atoms with van der Waals surface area (Å²) < 4.78 is 40.2. The van der Waals surface area contributed by atoms with Crippen molar-refractivity contribution in [2.75, 3.05) is 5.75 Å². The third-order valence-electron chi connectivity index (χ3n) is 4.15. The summed E-state index contributed by atoms with van der Waals surface area (Å²) in [5.41, 5.74) is 1.81. The topological polar surface area (TPSA) is 46.2 Å². The van der Waals surface area contributed by atoms with Crippen LogP contribution < -0.4 is 4.72 Å². The van der Waals surface area contributed by atoms with Crippen LogP contribution in [0.15, 0.2) is 18.2 Å². The highest BCUT2D eigenvalue weighted by molar-refractivity contribution is 7.89. The van der Waals surface area contributed by atoms with Crippen LogP contribution in [0.5, 0.6) is 0 Å². The Morgan fingerprint density at radius 3 is 2.84 bits per heavy atom. The zero-order chi connectivity index (χ0) is 13.7. The second-order valence-electron chi connectivity index (χ2n) is 6.12. The van der Waals surface area contributed by atoms with Crippen LogP contribution in [0.3, 0.4) is 0 Å². The minimum absolute atomic E-state index is 0.0317. The van der Waals surface area contributed by atoms with E-state index in [1.165, 1.54) is 12.1 Å². The number of hydrogen-bond acceptors (Lipinski definition) is 2. The number of rotatable bonds is 4. The van der Waals surface area contributed by atoms with Gasteiger partial charge in [0.25, 0.3) is 0 Å². The molecule has 19 heavy (non-hydrogen) atoms. The smallest absolute Gasteiger partial charge is 0.212 e. The van der Waals surface area contributed by atoms with E-state index < -0.39 is 10.0 Å². The van der Waals surface area contributed by atoms with Crippen LogP contribution >= 0.6 is 0 Å². The Balaban J connectivity index is 1.75. The van der Waals surface area contributed by atoms with Crippen LogP contribution in [0.2, 0.25) is 0 Å². The maximum atomic E-state index is 13.1. The Morgan fingerprint density at radius 2 is 2.16 bits per heavy atom. The van der Waals surface area contributed by atoms with E-state index in [4.69, 9.17) is 0 Å². The highest BCUT2D eigenvalue weighted by Gasteiger charge is 2.42. The van der Waals surface area contributed by atoms with E-state index >= 15 is 0 Å². The molecule has 1 fully saturated rings. The Hall–Kier alpha value is -0.940. The largest absolute Gasteiger partial charge is 0.212 e. The predicted molar refractivity (Wildman–Crippen MR) is 71.7 cm³/mol. The quantitative estimate of drug-likeness (QED) is 0.923. The van der Waals surface area contributed by atoms with E-state index in [0.717, 1.165) is 30.4 Å². The van der Waals surface area contributed by atoms with Gasteiger partial charge in [-0.1, -0.05) is 13.0 Å². The van der Waals surface area contributed by atoms with Crippen LogP contribution in [0.1, 0.15) is 43.4 Å². The van der Waals surface area contributed by atoms with E-state index in [1.807, 2.05) is 6.92 Å². The van der Waals surface area contributed by atoms with Crippen molar-refractivity contribution in [3.8, 4) is 0 Å². The molecule has 1 atom stereocenters. The standard InChI is InChI=1S/C14H18FNO2S/c1-14(6-7-14)9-19(17,18)16-13-5-2-10-8-11(15)3-4-12(10)13/h3-4,8,13,16H,2,5-7,9H2,1H3. The van der Waals surface area contributed by atoms with Gasteiger partial charge in [0, 0.05) is 6.04 Å². The minimum Gasteiger partial charge on any atom is -0.212 e. The second-order valence-corrected chi connectivity index (χ2v) is 7.88. The molecule has 0 heterocycles. The summed E-state index contributed by atoms with van der Waals surface area (Å²) in [5.74, 6) is -0.0553. The molecule has 1 N–H and O–H groups in total. The highest BCUT2D eigenvalue weighted by Crippen LogP contribution is 2.46. The molecule has 1 aromatic rings. The number of fused-ring (bicyclic) bond motifs is 1. The van der Waals surface area contributed by atoms with Crippen molar-refractivity contribution in [1.29, 1.82) is 0 Å². The van der Waals surface area contributed by atoms with Gasteiger partial charge < -0.3 is 0 Å². The highest BCUT2D eigenvalue weighted by atomic mass is 32.2. The maximum absolute atomic E-state index is 13.1. The normalized spacial score (nSPS) is 24.2. The Kier molecular flexibility index (Phi) is 2.94. The van der Waals surface area contributed by atoms with Gasteiger partial charge >= 0.3 is 0 Å². The first kappa shape index (κ1) is 13.1. The minimum atomic E-state index is -3.26. The van der Waals surface area contributed by atoms with Crippen LogP contribution in [-0.2, 0) is 16.4 Å². The molecule has 0 aromatic heterocycles. The summed E-state index contributed by atoms with van der Waals surface area (Å²) in [5, 5.41) is 0. The molecule has 3 nitrogen and oxygen atoms in total. The maximum Gasteiger partial charge on any atom is 0.212 e. The van der Waals surface area contributed by atoms with Crippen molar-refractivity contribution >= 4 is 10.0 Å². The first-order valence-corrected chi connectivity index (χ1v) is 8.31. The van der Waals surface area contributed by atoms with Crippen LogP contribution in [0.25, 0.3) is 0 Å². The number of aryl methyl sites for hydroxylation is 1. The average molecular weight is 283 g/mol. The molecule has 1 aromatic carbocycles. The molecule has 104 valence electrons. The van der Waals surface area contributed by atoms with Gasteiger partial charge in [0.1, 0.15) is 5.82 Å². The fourth-order valence-electron chi connectivity index (χ4n) is 2.78. The van der Waals surface area contributed by atoms with Crippen molar-refractivity contribution in [1.82, 2.24) is 4.72 Å². The SMILES string of the molecule is CC1(CS(=O)(=O)NC2CCc3cc(F)ccc32)CC1. The van der Waals surface area contributed by atoms with E-state index in [0.29, 0.717) is 6.42 Å². The van der Waals surface area contributed by atoms with Crippen molar-refractivity contribution in [2.45, 2.75) is 38.6 Å². The molecule has 0 bridgehead atoms. The lowest BCUT2D eigenvalue weighted by atomic mass is 10.1. The number of halogens is 1. The molecule has 0 aliphatic heterocycles. The van der Waals surface area contributed by atoms with Crippen LogP contribution in [-0.4, -0.2) is 14.2 Å². The Bertz CT molecular complexity index is 608. The van der Waals surface area contributed by atoms with Gasteiger partial charge in [-0.05, 0) is 54.4 Å². The van der Waals surface area contributed by atoms with E-state index in [2.05, 4.69) is 4.72 Å². The van der Waals surface area contributed by atoms with Gasteiger partial charge in [-0.2, -0.15) is 0 Å². The van der Waals surface area contributed by atoms with E-state index in [1.54, 1.807) is 6.07 Å². The molecule has 1 saturated carbocycles. The van der Waals surface area contributed by atoms with Gasteiger partial charge in [-0.15, -0.1) is 0 Å². The van der Waals surface area contributed by atoms with Gasteiger partial charge in [-0.3, -0.25) is 0 Å². The molecule has 2 aliphatic carbocycles. The van der Waals surface area contributed by atoms with Gasteiger partial charge in [-0.25, -0.2) is 17.5 Å². The van der Waals surface area contributed by atoms with E-state index in [-0.39, 0.29) is 23.0 Å². The van der Waals surface area contributed by atoms with Crippen LogP contribution in [0, 0.1) is 11.2 Å². The molecule has 1 unspecified atom stereocenters. The molecule has 2 aliphatic rings. The predicted octanol–water partition coefficient (Wildman–Crippen LogP) is 2.53. The Labute approximate surface area is 113 Å². The molecule has 5 heteroatoms. The summed E-state index contributed by atoms with van der Waals surface area (Å²) >= 11 is 0. The summed E-state index contributed by atoms with van der Waals surface area (Å²) in [6, 6.07) is 4.41. The number of sulfonamides is 1. The third-order valence-corrected chi connectivity index (χ3v) is 5.87. The molecule has 0 saturated heterocycles. The fraction of sp³-hybridized carbons (Fsp3) is 0.571. The zero-order valence-corrected chi connectivity index (χ0v) is 11.8. The van der Waals surface area contributed by atoms with Gasteiger partial charge in [0.2, 0.25) is 10.0 Å². The van der Waals surface area contributed by atoms with Gasteiger partial charge in [0.15, 0.2) is 0 Å². The monoisotopic (exact) mass is 283 g/mol. The third kappa shape index (κ3) is 2.82. The molecule has 0 radical (unpaired) electrons. The zero-order valence-electron chi connectivity index (χ0n) is 10.9. The molecule has 0 amide bonds. The van der Waals surface area contributed by atoms with Crippen molar-refractivity contribution in [3.63, 3.8) is 0 Å². The van der Waals surface area contributed by atoms with E-state index in [9.17, 15) is 12.8 Å². The lowest BCUT2D eigenvalue weighted by Gasteiger charge is -2.16. The fourth-order valence-corrected chi connectivity index (χ4v) is 4.75. The number of benzene rings is 1. The number of hydrogen-bond donors (Lipinski definition) is 1. The molecule has 0 spiro atoms. The average Bonchev–Trinajstić information content (AvgIpc) is 2.88. The summed E-state index contributed by atoms with van der Waals surface area (Å²) in [4.78, 5) is 0. The summed E-state index contributed by atoms with van der Waals surface area (Å²) in [7, 11) is -3.26. The first-order valence-electron chi connectivity index (χ1n) is 6.65. The first-order chi connectivity index (χ1) is 8.87.